The molecule has 1 saturated heterocycles. The van der Waals surface area contributed by atoms with Crippen LogP contribution in [0.15, 0.2) is 30.3 Å². The summed E-state index contributed by atoms with van der Waals surface area (Å²) in [6, 6.07) is 9.64. The number of rotatable bonds is 1. The highest BCUT2D eigenvalue weighted by molar-refractivity contribution is 6.07. The highest BCUT2D eigenvalue weighted by Crippen LogP contribution is 2.46. The Morgan fingerprint density at radius 1 is 1.22 bits per heavy atom. The Kier molecular flexibility index (Phi) is 2.67. The second-order valence-electron chi connectivity index (χ2n) is 5.77. The van der Waals surface area contributed by atoms with Crippen LogP contribution in [0.25, 0.3) is 0 Å². The Hall–Kier alpha value is -1.35. The van der Waals surface area contributed by atoms with E-state index in [0.717, 1.165) is 24.4 Å². The van der Waals surface area contributed by atoms with E-state index >= 15 is 0 Å². The van der Waals surface area contributed by atoms with Crippen LogP contribution in [0.1, 0.15) is 32.6 Å². The fourth-order valence-electron chi connectivity index (χ4n) is 3.42. The maximum absolute atomic E-state index is 12.1. The van der Waals surface area contributed by atoms with E-state index in [4.69, 9.17) is 5.73 Å². The summed E-state index contributed by atoms with van der Waals surface area (Å²) in [5, 5.41) is 0. The van der Waals surface area contributed by atoms with E-state index in [1.807, 2.05) is 35.2 Å². The molecule has 18 heavy (non-hydrogen) atoms. The van der Waals surface area contributed by atoms with Crippen molar-refractivity contribution in [3.8, 4) is 0 Å². The molecule has 1 aliphatic heterocycles. The van der Waals surface area contributed by atoms with Crippen molar-refractivity contribution in [3.05, 3.63) is 30.3 Å². The Bertz CT molecular complexity index is 449. The molecule has 1 aliphatic carbocycles. The number of carbonyl (C=O) groups is 1. The monoisotopic (exact) mass is 244 g/mol. The van der Waals surface area contributed by atoms with Crippen molar-refractivity contribution in [2.75, 3.05) is 4.90 Å². The van der Waals surface area contributed by atoms with Crippen molar-refractivity contribution >= 4 is 11.6 Å². The molecule has 1 aromatic carbocycles. The number of amides is 1. The second-order valence-corrected chi connectivity index (χ2v) is 5.77. The normalized spacial score (nSPS) is 35.7. The van der Waals surface area contributed by atoms with Gasteiger partial charge < -0.3 is 10.6 Å². The topological polar surface area (TPSA) is 46.3 Å². The van der Waals surface area contributed by atoms with E-state index in [-0.39, 0.29) is 17.5 Å². The molecule has 0 bridgehead atoms. The lowest BCUT2D eigenvalue weighted by Crippen LogP contribution is -2.78. The first kappa shape index (κ1) is 11.7. The number of para-hydroxylation sites is 1. The largest absolute Gasteiger partial charge is 0.318 e. The van der Waals surface area contributed by atoms with Gasteiger partial charge in [0.05, 0.1) is 5.54 Å². The van der Waals surface area contributed by atoms with Gasteiger partial charge in [-0.15, -0.1) is 0 Å². The second kappa shape index (κ2) is 4.09. The van der Waals surface area contributed by atoms with Gasteiger partial charge in [-0.1, -0.05) is 25.1 Å². The molecule has 0 aromatic heterocycles. The molecule has 1 heterocycles. The van der Waals surface area contributed by atoms with Gasteiger partial charge in [0.2, 0.25) is 5.91 Å². The van der Waals surface area contributed by atoms with Crippen LogP contribution in [0.3, 0.4) is 0 Å². The van der Waals surface area contributed by atoms with Gasteiger partial charge in [-0.3, -0.25) is 4.79 Å². The molecule has 1 aromatic rings. The number of β-lactam (4-membered cyclic amide) rings is 1. The van der Waals surface area contributed by atoms with Crippen LogP contribution < -0.4 is 10.6 Å². The van der Waals surface area contributed by atoms with Gasteiger partial charge in [0, 0.05) is 5.69 Å². The Morgan fingerprint density at radius 2 is 1.83 bits per heavy atom. The molecule has 0 radical (unpaired) electrons. The highest BCUT2D eigenvalue weighted by Gasteiger charge is 2.59. The van der Waals surface area contributed by atoms with E-state index in [1.165, 1.54) is 12.8 Å². The lowest BCUT2D eigenvalue weighted by Gasteiger charge is -2.58. The first-order valence-electron chi connectivity index (χ1n) is 6.80. The van der Waals surface area contributed by atoms with Crippen molar-refractivity contribution in [2.45, 2.75) is 44.2 Å². The van der Waals surface area contributed by atoms with Gasteiger partial charge in [-0.05, 0) is 43.7 Å². The van der Waals surface area contributed by atoms with Gasteiger partial charge >= 0.3 is 0 Å². The summed E-state index contributed by atoms with van der Waals surface area (Å²) in [6.45, 7) is 2.28. The molecule has 0 unspecified atom stereocenters. The number of hydrogen-bond acceptors (Lipinski definition) is 2. The predicted octanol–water partition coefficient (Wildman–Crippen LogP) is 2.31. The minimum Gasteiger partial charge on any atom is -0.318 e. The first-order valence-corrected chi connectivity index (χ1v) is 6.80. The maximum atomic E-state index is 12.1. The summed E-state index contributed by atoms with van der Waals surface area (Å²) >= 11 is 0. The third-order valence-electron chi connectivity index (χ3n) is 4.67. The molecule has 96 valence electrons. The van der Waals surface area contributed by atoms with Crippen molar-refractivity contribution in [3.63, 3.8) is 0 Å². The zero-order chi connectivity index (χ0) is 12.8. The molecule has 3 nitrogen and oxygen atoms in total. The van der Waals surface area contributed by atoms with Crippen LogP contribution >= 0.6 is 0 Å². The maximum Gasteiger partial charge on any atom is 0.246 e. The molecule has 1 spiro atoms. The van der Waals surface area contributed by atoms with Crippen molar-refractivity contribution in [1.29, 1.82) is 0 Å². The Labute approximate surface area is 108 Å². The van der Waals surface area contributed by atoms with Crippen molar-refractivity contribution in [2.24, 2.45) is 11.7 Å². The lowest BCUT2D eigenvalue weighted by molar-refractivity contribution is -0.131. The fraction of sp³-hybridized carbons (Fsp3) is 0.533. The molecule has 2 N–H and O–H groups in total. The summed E-state index contributed by atoms with van der Waals surface area (Å²) in [5.74, 6) is 0.840. The quantitative estimate of drug-likeness (QED) is 0.771. The smallest absolute Gasteiger partial charge is 0.246 e. The molecule has 2 fully saturated rings. The fourth-order valence-corrected chi connectivity index (χ4v) is 3.42. The van der Waals surface area contributed by atoms with Crippen LogP contribution in [0, 0.1) is 5.92 Å². The molecular formula is C15H20N2O. The Morgan fingerprint density at radius 3 is 2.44 bits per heavy atom. The standard InChI is InChI=1S/C15H20N2O/c1-11-7-9-15(10-8-11)13(16)14(18)17(15)12-5-3-2-4-6-12/h2-6,11,13H,7-10,16H2,1H3/t11?,13-,15?/m0/s1. The van der Waals surface area contributed by atoms with Crippen LogP contribution in [0.2, 0.25) is 0 Å². The number of nitrogens with two attached hydrogens (primary N) is 1. The average Bonchev–Trinajstić information content (AvgIpc) is 2.42. The molecule has 1 saturated carbocycles. The van der Waals surface area contributed by atoms with E-state index in [9.17, 15) is 4.79 Å². The molecule has 2 aliphatic rings. The third kappa shape index (κ3) is 1.50. The zero-order valence-electron chi connectivity index (χ0n) is 10.8. The van der Waals surface area contributed by atoms with Gasteiger partial charge in [-0.2, -0.15) is 0 Å². The van der Waals surface area contributed by atoms with Crippen molar-refractivity contribution < 1.29 is 4.79 Å². The van der Waals surface area contributed by atoms with Crippen LogP contribution in [0.4, 0.5) is 5.69 Å². The first-order chi connectivity index (χ1) is 8.65. The van der Waals surface area contributed by atoms with E-state index in [0.29, 0.717) is 0 Å². The van der Waals surface area contributed by atoms with Gasteiger partial charge in [-0.25, -0.2) is 0 Å². The third-order valence-corrected chi connectivity index (χ3v) is 4.67. The highest BCUT2D eigenvalue weighted by atomic mass is 16.2. The summed E-state index contributed by atoms with van der Waals surface area (Å²) in [5.41, 5.74) is 7.01. The molecule has 1 atom stereocenters. The van der Waals surface area contributed by atoms with E-state index in [2.05, 4.69) is 6.92 Å². The van der Waals surface area contributed by atoms with E-state index in [1.54, 1.807) is 0 Å². The van der Waals surface area contributed by atoms with Crippen LogP contribution in [0.5, 0.6) is 0 Å². The Balaban J connectivity index is 1.91. The minimum atomic E-state index is -0.301. The molecule has 3 heteroatoms. The number of carbonyl (C=O) groups excluding carboxylic acids is 1. The number of hydrogen-bond donors (Lipinski definition) is 1. The lowest BCUT2D eigenvalue weighted by atomic mass is 9.66. The average molecular weight is 244 g/mol. The van der Waals surface area contributed by atoms with Crippen LogP contribution in [-0.4, -0.2) is 17.5 Å². The molecule has 1 amide bonds. The van der Waals surface area contributed by atoms with Crippen molar-refractivity contribution in [1.82, 2.24) is 0 Å². The van der Waals surface area contributed by atoms with Gasteiger partial charge in [0.1, 0.15) is 6.04 Å². The summed E-state index contributed by atoms with van der Waals surface area (Å²) < 4.78 is 0. The van der Waals surface area contributed by atoms with Gasteiger partial charge in [0.15, 0.2) is 0 Å². The summed E-state index contributed by atoms with van der Waals surface area (Å²) in [6.07, 6.45) is 4.42. The number of nitrogens with zero attached hydrogens (tertiary/aromatic N) is 1. The summed E-state index contributed by atoms with van der Waals surface area (Å²) in [7, 11) is 0. The number of anilines is 1. The minimum absolute atomic E-state index is 0.0794. The SMILES string of the molecule is CC1CCC2(CC1)[C@@H](N)C(=O)N2c1ccccc1. The molecular weight excluding hydrogens is 224 g/mol. The number of benzene rings is 1. The van der Waals surface area contributed by atoms with Gasteiger partial charge in [0.25, 0.3) is 0 Å². The van der Waals surface area contributed by atoms with E-state index < -0.39 is 0 Å². The van der Waals surface area contributed by atoms with Crippen LogP contribution in [-0.2, 0) is 4.79 Å². The summed E-state index contributed by atoms with van der Waals surface area (Å²) in [4.78, 5) is 14.1. The zero-order valence-corrected chi connectivity index (χ0v) is 10.8. The molecule has 3 rings (SSSR count). The predicted molar refractivity (Wildman–Crippen MR) is 72.3 cm³/mol.